The van der Waals surface area contributed by atoms with Gasteiger partial charge in [-0.25, -0.2) is 0 Å². The molecule has 7 heteroatoms. The summed E-state index contributed by atoms with van der Waals surface area (Å²) in [7, 11) is 1.58. The number of carbonyl (C=O) groups is 1. The zero-order chi connectivity index (χ0) is 16.1. The molecule has 1 aliphatic heterocycles. The van der Waals surface area contributed by atoms with E-state index in [9.17, 15) is 4.79 Å². The fourth-order valence-electron chi connectivity index (χ4n) is 2.13. The van der Waals surface area contributed by atoms with E-state index in [1.165, 1.54) is 0 Å². The second kappa shape index (κ2) is 6.97. The third kappa shape index (κ3) is 3.70. The van der Waals surface area contributed by atoms with Gasteiger partial charge in [-0.2, -0.15) is 0 Å². The van der Waals surface area contributed by atoms with E-state index in [4.69, 9.17) is 14.2 Å². The number of fused-ring (bicyclic) bond motifs is 1. The molecule has 1 aliphatic rings. The van der Waals surface area contributed by atoms with Crippen molar-refractivity contribution in [3.63, 3.8) is 0 Å². The average molecular weight is 315 g/mol. The lowest BCUT2D eigenvalue weighted by Crippen LogP contribution is -2.27. The highest BCUT2D eigenvalue weighted by molar-refractivity contribution is 5.93. The van der Waals surface area contributed by atoms with Gasteiger partial charge in [0.1, 0.15) is 5.69 Å². The minimum Gasteiger partial charge on any atom is -0.454 e. The Morgan fingerprint density at radius 3 is 2.91 bits per heavy atom. The zero-order valence-corrected chi connectivity index (χ0v) is 12.7. The number of aromatic nitrogens is 1. The summed E-state index contributed by atoms with van der Waals surface area (Å²) < 4.78 is 15.5. The van der Waals surface area contributed by atoms with Crippen LogP contribution in [0.3, 0.4) is 0 Å². The Morgan fingerprint density at radius 2 is 2.04 bits per heavy atom. The summed E-state index contributed by atoms with van der Waals surface area (Å²) in [5, 5.41) is 5.95. The molecule has 0 fully saturated rings. The summed E-state index contributed by atoms with van der Waals surface area (Å²) in [6.45, 7) is 1.14. The number of ether oxygens (including phenoxy) is 3. The van der Waals surface area contributed by atoms with Crippen molar-refractivity contribution in [3.05, 3.63) is 42.2 Å². The van der Waals surface area contributed by atoms with Crippen LogP contribution < -0.4 is 20.1 Å². The van der Waals surface area contributed by atoms with Crippen molar-refractivity contribution in [1.29, 1.82) is 0 Å². The Kier molecular flexibility index (Phi) is 4.58. The van der Waals surface area contributed by atoms with Crippen LogP contribution >= 0.6 is 0 Å². The molecule has 0 bridgehead atoms. The summed E-state index contributed by atoms with van der Waals surface area (Å²) in [6.07, 6.45) is 1.58. The molecule has 2 heterocycles. The lowest BCUT2D eigenvalue weighted by Gasteiger charge is -2.09. The molecular formula is C16H17N3O4. The highest BCUT2D eigenvalue weighted by atomic mass is 16.7. The largest absolute Gasteiger partial charge is 0.454 e. The molecule has 1 aromatic carbocycles. The van der Waals surface area contributed by atoms with Gasteiger partial charge in [0, 0.05) is 37.3 Å². The van der Waals surface area contributed by atoms with E-state index in [2.05, 4.69) is 15.6 Å². The van der Waals surface area contributed by atoms with Crippen LogP contribution in [0.4, 0.5) is 11.4 Å². The first-order valence-corrected chi connectivity index (χ1v) is 7.16. The number of nitrogens with zero attached hydrogens (tertiary/aromatic N) is 1. The highest BCUT2D eigenvalue weighted by Crippen LogP contribution is 2.35. The number of amides is 1. The molecule has 0 atom stereocenters. The SMILES string of the molecule is COCCNC(=O)c1cc(Nc2ccc3c(c2)OCO3)ccn1. The highest BCUT2D eigenvalue weighted by Gasteiger charge is 2.13. The first-order chi connectivity index (χ1) is 11.3. The number of hydrogen-bond acceptors (Lipinski definition) is 6. The van der Waals surface area contributed by atoms with E-state index in [1.54, 1.807) is 25.4 Å². The van der Waals surface area contributed by atoms with Crippen LogP contribution in [0.1, 0.15) is 10.5 Å². The van der Waals surface area contributed by atoms with Crippen molar-refractivity contribution in [3.8, 4) is 11.5 Å². The number of rotatable bonds is 6. The Labute approximate surface area is 133 Å². The molecule has 2 aromatic rings. The van der Waals surface area contributed by atoms with Crippen molar-refractivity contribution in [1.82, 2.24) is 10.3 Å². The van der Waals surface area contributed by atoms with Gasteiger partial charge >= 0.3 is 0 Å². The molecule has 0 spiro atoms. The van der Waals surface area contributed by atoms with Gasteiger partial charge in [-0.3, -0.25) is 9.78 Å². The second-order valence-electron chi connectivity index (χ2n) is 4.87. The summed E-state index contributed by atoms with van der Waals surface area (Å²) in [6, 6.07) is 9.04. The minimum absolute atomic E-state index is 0.236. The normalized spacial score (nSPS) is 12.0. The van der Waals surface area contributed by atoms with E-state index in [0.717, 1.165) is 17.1 Å². The van der Waals surface area contributed by atoms with Gasteiger partial charge < -0.3 is 24.8 Å². The fraction of sp³-hybridized carbons (Fsp3) is 0.250. The Hall–Kier alpha value is -2.80. The average Bonchev–Trinajstić information content (AvgIpc) is 3.03. The van der Waals surface area contributed by atoms with E-state index in [0.29, 0.717) is 24.6 Å². The summed E-state index contributed by atoms with van der Waals surface area (Å²) in [5.41, 5.74) is 1.94. The van der Waals surface area contributed by atoms with Crippen LogP contribution in [0.25, 0.3) is 0 Å². The molecular weight excluding hydrogens is 298 g/mol. The van der Waals surface area contributed by atoms with Gasteiger partial charge in [-0.1, -0.05) is 0 Å². The number of nitrogens with one attached hydrogen (secondary N) is 2. The van der Waals surface area contributed by atoms with Gasteiger partial charge in [0.25, 0.3) is 5.91 Å². The minimum atomic E-state index is -0.239. The number of carbonyl (C=O) groups excluding carboxylic acids is 1. The fourth-order valence-corrected chi connectivity index (χ4v) is 2.13. The van der Waals surface area contributed by atoms with Crippen molar-refractivity contribution in [2.75, 3.05) is 32.4 Å². The Bertz CT molecular complexity index is 705. The van der Waals surface area contributed by atoms with Gasteiger partial charge in [0.05, 0.1) is 6.61 Å². The Balaban J connectivity index is 1.69. The van der Waals surface area contributed by atoms with Crippen molar-refractivity contribution in [2.45, 2.75) is 0 Å². The monoisotopic (exact) mass is 315 g/mol. The summed E-state index contributed by atoms with van der Waals surface area (Å²) in [4.78, 5) is 16.1. The van der Waals surface area contributed by atoms with Crippen molar-refractivity contribution < 1.29 is 19.0 Å². The number of hydrogen-bond donors (Lipinski definition) is 2. The maximum atomic E-state index is 12.0. The van der Waals surface area contributed by atoms with Crippen LogP contribution in [0, 0.1) is 0 Å². The molecule has 0 saturated carbocycles. The molecule has 23 heavy (non-hydrogen) atoms. The third-order valence-corrected chi connectivity index (χ3v) is 3.25. The van der Waals surface area contributed by atoms with E-state index in [1.807, 2.05) is 18.2 Å². The summed E-state index contributed by atoms with van der Waals surface area (Å²) >= 11 is 0. The van der Waals surface area contributed by atoms with E-state index < -0.39 is 0 Å². The maximum Gasteiger partial charge on any atom is 0.270 e. The first-order valence-electron chi connectivity index (χ1n) is 7.16. The first kappa shape index (κ1) is 15.1. The quantitative estimate of drug-likeness (QED) is 0.793. The standard InChI is InChI=1S/C16H17N3O4/c1-21-7-6-18-16(20)13-8-12(4-5-17-13)19-11-2-3-14-15(9-11)23-10-22-14/h2-5,8-9H,6-7,10H2,1H3,(H,17,19)(H,18,20). The number of anilines is 2. The molecule has 0 aliphatic carbocycles. The smallest absolute Gasteiger partial charge is 0.270 e. The molecule has 120 valence electrons. The predicted molar refractivity (Wildman–Crippen MR) is 84.3 cm³/mol. The van der Waals surface area contributed by atoms with E-state index >= 15 is 0 Å². The Morgan fingerprint density at radius 1 is 1.22 bits per heavy atom. The molecule has 1 aromatic heterocycles. The van der Waals surface area contributed by atoms with Crippen LogP contribution in [-0.2, 0) is 4.74 Å². The second-order valence-corrected chi connectivity index (χ2v) is 4.87. The summed E-state index contributed by atoms with van der Waals surface area (Å²) in [5.74, 6) is 1.18. The number of benzene rings is 1. The van der Waals surface area contributed by atoms with Crippen LogP contribution in [-0.4, -0.2) is 37.9 Å². The number of methoxy groups -OCH3 is 1. The van der Waals surface area contributed by atoms with Gasteiger partial charge in [-0.15, -0.1) is 0 Å². The lowest BCUT2D eigenvalue weighted by molar-refractivity contribution is 0.0932. The molecule has 0 unspecified atom stereocenters. The molecule has 7 nitrogen and oxygen atoms in total. The number of pyridine rings is 1. The molecule has 1 amide bonds. The van der Waals surface area contributed by atoms with Crippen molar-refractivity contribution in [2.24, 2.45) is 0 Å². The predicted octanol–water partition coefficient (Wildman–Crippen LogP) is 1.93. The van der Waals surface area contributed by atoms with Gasteiger partial charge in [0.15, 0.2) is 11.5 Å². The molecule has 3 rings (SSSR count). The van der Waals surface area contributed by atoms with Gasteiger partial charge in [-0.05, 0) is 24.3 Å². The van der Waals surface area contributed by atoms with Crippen LogP contribution in [0.15, 0.2) is 36.5 Å². The zero-order valence-electron chi connectivity index (χ0n) is 12.7. The van der Waals surface area contributed by atoms with Crippen molar-refractivity contribution >= 4 is 17.3 Å². The molecule has 2 N–H and O–H groups in total. The topological polar surface area (TPSA) is 81.7 Å². The third-order valence-electron chi connectivity index (χ3n) is 3.25. The van der Waals surface area contributed by atoms with Gasteiger partial charge in [0.2, 0.25) is 6.79 Å². The lowest BCUT2D eigenvalue weighted by atomic mass is 10.2. The van der Waals surface area contributed by atoms with Crippen LogP contribution in [0.2, 0.25) is 0 Å². The van der Waals surface area contributed by atoms with E-state index in [-0.39, 0.29) is 12.7 Å². The van der Waals surface area contributed by atoms with Crippen LogP contribution in [0.5, 0.6) is 11.5 Å². The molecule has 0 radical (unpaired) electrons. The molecule has 0 saturated heterocycles. The maximum absolute atomic E-state index is 12.0.